The molecule has 0 atom stereocenters. The summed E-state index contributed by atoms with van der Waals surface area (Å²) in [7, 11) is 0. The molecule has 0 aromatic carbocycles. The van der Waals surface area contributed by atoms with Gasteiger partial charge in [-0.25, -0.2) is 4.79 Å². The average molecular weight is 247 g/mol. The molecule has 1 aliphatic heterocycles. The summed E-state index contributed by atoms with van der Waals surface area (Å²) in [6.07, 6.45) is 1.71. The van der Waals surface area contributed by atoms with Gasteiger partial charge in [0.1, 0.15) is 5.70 Å². The van der Waals surface area contributed by atoms with Crippen molar-refractivity contribution in [2.45, 2.75) is 33.7 Å². The number of hydrogen-bond acceptors (Lipinski definition) is 2. The van der Waals surface area contributed by atoms with Crippen LogP contribution in [0, 0.1) is 13.8 Å². The molecule has 3 amide bonds. The van der Waals surface area contributed by atoms with Gasteiger partial charge >= 0.3 is 6.03 Å². The van der Waals surface area contributed by atoms with Crippen LogP contribution in [0.1, 0.15) is 36.8 Å². The second-order valence-electron chi connectivity index (χ2n) is 4.76. The van der Waals surface area contributed by atoms with Crippen LogP contribution in [0.4, 0.5) is 4.79 Å². The molecule has 0 saturated carbocycles. The zero-order valence-electron chi connectivity index (χ0n) is 11.0. The Kier molecular flexibility index (Phi) is 2.98. The van der Waals surface area contributed by atoms with Crippen molar-refractivity contribution >= 4 is 18.0 Å². The van der Waals surface area contributed by atoms with Crippen molar-refractivity contribution in [1.82, 2.24) is 15.2 Å². The third-order valence-electron chi connectivity index (χ3n) is 3.06. The molecule has 2 heterocycles. The minimum Gasteiger partial charge on any atom is -0.346 e. The van der Waals surface area contributed by atoms with Crippen LogP contribution >= 0.6 is 0 Å². The second-order valence-corrected chi connectivity index (χ2v) is 4.76. The maximum atomic E-state index is 11.5. The highest BCUT2D eigenvalue weighted by molar-refractivity contribution is 6.14. The van der Waals surface area contributed by atoms with Gasteiger partial charge in [0.2, 0.25) is 0 Å². The smallest absolute Gasteiger partial charge is 0.326 e. The molecule has 0 radical (unpaired) electrons. The number of nitrogens with zero attached hydrogens (tertiary/aromatic N) is 1. The van der Waals surface area contributed by atoms with E-state index < -0.39 is 6.03 Å². The van der Waals surface area contributed by atoms with E-state index in [1.165, 1.54) is 0 Å². The predicted molar refractivity (Wildman–Crippen MR) is 68.9 cm³/mol. The number of aryl methyl sites for hydroxylation is 1. The third-order valence-corrected chi connectivity index (χ3v) is 3.06. The normalized spacial score (nSPS) is 17.5. The van der Waals surface area contributed by atoms with Gasteiger partial charge in [0.05, 0.1) is 0 Å². The van der Waals surface area contributed by atoms with Gasteiger partial charge in [-0.1, -0.05) is 0 Å². The number of hydrogen-bond donors (Lipinski definition) is 2. The van der Waals surface area contributed by atoms with Gasteiger partial charge in [-0.2, -0.15) is 0 Å². The molecule has 1 aromatic rings. The maximum Gasteiger partial charge on any atom is 0.326 e. The summed E-state index contributed by atoms with van der Waals surface area (Å²) < 4.78 is 2.20. The van der Waals surface area contributed by atoms with Crippen molar-refractivity contribution in [3.8, 4) is 0 Å². The molecule has 96 valence electrons. The lowest BCUT2D eigenvalue weighted by Crippen LogP contribution is -2.22. The summed E-state index contributed by atoms with van der Waals surface area (Å²) in [5.41, 5.74) is 3.47. The monoisotopic (exact) mass is 247 g/mol. The molecule has 5 nitrogen and oxygen atoms in total. The largest absolute Gasteiger partial charge is 0.346 e. The first-order valence-corrected chi connectivity index (χ1v) is 5.92. The number of aromatic nitrogens is 1. The molecule has 2 N–H and O–H groups in total. The van der Waals surface area contributed by atoms with Crippen LogP contribution < -0.4 is 10.6 Å². The van der Waals surface area contributed by atoms with Crippen molar-refractivity contribution in [3.05, 3.63) is 28.7 Å². The molecular weight excluding hydrogens is 230 g/mol. The second kappa shape index (κ2) is 4.33. The van der Waals surface area contributed by atoms with Crippen LogP contribution in [0.3, 0.4) is 0 Å². The minimum absolute atomic E-state index is 0.295. The molecule has 1 fully saturated rings. The zero-order valence-corrected chi connectivity index (χ0v) is 11.0. The van der Waals surface area contributed by atoms with E-state index in [0.717, 1.165) is 17.0 Å². The molecule has 0 spiro atoms. The van der Waals surface area contributed by atoms with Gasteiger partial charge in [-0.3, -0.25) is 10.1 Å². The van der Waals surface area contributed by atoms with Crippen LogP contribution in [0.25, 0.3) is 6.08 Å². The van der Waals surface area contributed by atoms with Gasteiger partial charge in [-0.15, -0.1) is 0 Å². The van der Waals surface area contributed by atoms with Crippen LogP contribution in [0.5, 0.6) is 0 Å². The summed E-state index contributed by atoms with van der Waals surface area (Å²) in [5.74, 6) is -0.380. The van der Waals surface area contributed by atoms with Crippen molar-refractivity contribution in [1.29, 1.82) is 0 Å². The van der Waals surface area contributed by atoms with E-state index >= 15 is 0 Å². The maximum absolute atomic E-state index is 11.5. The Balaban J connectivity index is 2.42. The third kappa shape index (κ3) is 2.03. The van der Waals surface area contributed by atoms with Crippen LogP contribution in [0.15, 0.2) is 11.8 Å². The molecule has 1 saturated heterocycles. The fraction of sp³-hybridized carbons (Fsp3) is 0.385. The molecule has 1 aliphatic rings. The van der Waals surface area contributed by atoms with Crippen molar-refractivity contribution in [3.63, 3.8) is 0 Å². The lowest BCUT2D eigenvalue weighted by molar-refractivity contribution is -0.115. The van der Waals surface area contributed by atoms with E-state index in [9.17, 15) is 9.59 Å². The molecular formula is C13H17N3O2. The van der Waals surface area contributed by atoms with E-state index in [0.29, 0.717) is 11.7 Å². The number of nitrogens with one attached hydrogen (secondary N) is 2. The van der Waals surface area contributed by atoms with Crippen molar-refractivity contribution < 1.29 is 9.59 Å². The first-order chi connectivity index (χ1) is 8.40. The summed E-state index contributed by atoms with van der Waals surface area (Å²) in [6, 6.07) is 1.91. The zero-order chi connectivity index (χ0) is 13.4. The Labute approximate surface area is 106 Å². The summed E-state index contributed by atoms with van der Waals surface area (Å²) in [6.45, 7) is 8.26. The number of urea groups is 1. The van der Waals surface area contributed by atoms with E-state index in [2.05, 4.69) is 29.0 Å². The van der Waals surface area contributed by atoms with Crippen LogP contribution in [-0.4, -0.2) is 16.5 Å². The highest BCUT2D eigenvalue weighted by Gasteiger charge is 2.23. The van der Waals surface area contributed by atoms with E-state index in [1.807, 2.05) is 19.9 Å². The summed E-state index contributed by atoms with van der Waals surface area (Å²) >= 11 is 0. The Morgan fingerprint density at radius 3 is 2.33 bits per heavy atom. The Morgan fingerprint density at radius 1 is 1.22 bits per heavy atom. The predicted octanol–water partition coefficient (Wildman–Crippen LogP) is 1.87. The Hall–Kier alpha value is -2.04. The Morgan fingerprint density at radius 2 is 1.89 bits per heavy atom. The molecule has 1 aromatic heterocycles. The SMILES string of the molecule is Cc1cc(/C=C2/NC(=O)NC2=O)c(C)n1C(C)C. The first kappa shape index (κ1) is 12.4. The van der Waals surface area contributed by atoms with Gasteiger partial charge in [0, 0.05) is 17.4 Å². The molecule has 2 rings (SSSR count). The molecule has 0 bridgehead atoms. The molecule has 5 heteroatoms. The minimum atomic E-state index is -0.469. The fourth-order valence-electron chi connectivity index (χ4n) is 2.38. The van der Waals surface area contributed by atoms with Gasteiger partial charge < -0.3 is 9.88 Å². The quantitative estimate of drug-likeness (QED) is 0.619. The number of carbonyl (C=O) groups is 2. The fourth-order valence-corrected chi connectivity index (χ4v) is 2.38. The lowest BCUT2D eigenvalue weighted by Gasteiger charge is -2.13. The number of carbonyl (C=O) groups excluding carboxylic acids is 2. The van der Waals surface area contributed by atoms with Crippen LogP contribution in [0.2, 0.25) is 0 Å². The highest BCUT2D eigenvalue weighted by Crippen LogP contribution is 2.22. The summed E-state index contributed by atoms with van der Waals surface area (Å²) in [4.78, 5) is 22.5. The van der Waals surface area contributed by atoms with Gasteiger partial charge in [-0.05, 0) is 45.4 Å². The van der Waals surface area contributed by atoms with Crippen molar-refractivity contribution in [2.75, 3.05) is 0 Å². The molecule has 0 unspecified atom stereocenters. The molecule has 0 aliphatic carbocycles. The van der Waals surface area contributed by atoms with Gasteiger partial charge in [0.15, 0.2) is 0 Å². The first-order valence-electron chi connectivity index (χ1n) is 5.92. The highest BCUT2D eigenvalue weighted by atomic mass is 16.2. The van der Waals surface area contributed by atoms with Gasteiger partial charge in [0.25, 0.3) is 5.91 Å². The molecule has 18 heavy (non-hydrogen) atoms. The number of amides is 3. The number of rotatable bonds is 2. The standard InChI is InChI=1S/C13H17N3O2/c1-7(2)16-8(3)5-10(9(16)4)6-11-12(17)15-13(18)14-11/h5-7H,1-4H3,(H2,14,15,17,18)/b11-6+. The lowest BCUT2D eigenvalue weighted by atomic mass is 10.2. The van der Waals surface area contributed by atoms with E-state index in [4.69, 9.17) is 0 Å². The average Bonchev–Trinajstić information content (AvgIpc) is 2.69. The summed E-state index contributed by atoms with van der Waals surface area (Å²) in [5, 5.41) is 4.68. The van der Waals surface area contributed by atoms with Crippen molar-refractivity contribution in [2.24, 2.45) is 0 Å². The van der Waals surface area contributed by atoms with E-state index in [-0.39, 0.29) is 5.91 Å². The van der Waals surface area contributed by atoms with Crippen LogP contribution in [-0.2, 0) is 4.79 Å². The topological polar surface area (TPSA) is 63.1 Å². The number of imide groups is 1. The Bertz CT molecular complexity index is 553. The van der Waals surface area contributed by atoms with E-state index in [1.54, 1.807) is 6.08 Å².